The van der Waals surface area contributed by atoms with Gasteiger partial charge >= 0.3 is 0 Å². The van der Waals surface area contributed by atoms with Gasteiger partial charge in [-0.3, -0.25) is 24.2 Å². The number of likely N-dealkylation sites (tertiary alicyclic amines) is 2. The maximum atomic E-state index is 12.9. The third-order valence-corrected chi connectivity index (χ3v) is 5.82. The molecule has 2 aliphatic heterocycles. The van der Waals surface area contributed by atoms with Crippen LogP contribution in [-0.4, -0.2) is 61.0 Å². The molecule has 2 fully saturated rings. The number of amides is 2. The lowest BCUT2D eigenvalue weighted by atomic mass is 9.73. The lowest BCUT2D eigenvalue weighted by Crippen LogP contribution is -2.54. The summed E-state index contributed by atoms with van der Waals surface area (Å²) in [6.45, 7) is 4.45. The first-order chi connectivity index (χ1) is 13.4. The highest BCUT2D eigenvalue weighted by Crippen LogP contribution is 2.39. The van der Waals surface area contributed by atoms with Gasteiger partial charge in [0, 0.05) is 50.9 Å². The van der Waals surface area contributed by atoms with E-state index < -0.39 is 0 Å². The van der Waals surface area contributed by atoms with Crippen molar-refractivity contribution < 1.29 is 9.59 Å². The van der Waals surface area contributed by atoms with Gasteiger partial charge in [-0.2, -0.15) is 5.10 Å². The molecule has 148 valence electrons. The number of piperidine rings is 2. The van der Waals surface area contributed by atoms with E-state index >= 15 is 0 Å². The number of aromatic nitrogens is 4. The van der Waals surface area contributed by atoms with Gasteiger partial charge in [-0.25, -0.2) is 0 Å². The molecule has 0 radical (unpaired) electrons. The van der Waals surface area contributed by atoms with E-state index in [1.807, 2.05) is 23.8 Å². The summed E-state index contributed by atoms with van der Waals surface area (Å²) < 4.78 is 1.65. The maximum Gasteiger partial charge on any atom is 0.274 e. The molecule has 4 heterocycles. The summed E-state index contributed by atoms with van der Waals surface area (Å²) >= 11 is 0. The molecule has 8 nitrogen and oxygen atoms in total. The van der Waals surface area contributed by atoms with E-state index in [1.165, 1.54) is 0 Å². The first-order valence-corrected chi connectivity index (χ1v) is 9.78. The smallest absolute Gasteiger partial charge is 0.274 e. The number of nitrogens with zero attached hydrogens (tertiary/aromatic N) is 6. The lowest BCUT2D eigenvalue weighted by molar-refractivity contribution is -0.139. The van der Waals surface area contributed by atoms with Crippen LogP contribution in [0.1, 0.15) is 47.6 Å². The zero-order valence-corrected chi connectivity index (χ0v) is 16.5. The molecule has 2 amide bonds. The first kappa shape index (κ1) is 18.6. The van der Waals surface area contributed by atoms with Gasteiger partial charge in [0.1, 0.15) is 5.69 Å². The normalized spacial score (nSPS) is 22.7. The minimum atomic E-state index is -0.0469. The molecular formula is C20H26N6O2. The number of carbonyl (C=O) groups excluding carboxylic acids is 2. The average molecular weight is 382 g/mol. The van der Waals surface area contributed by atoms with Crippen molar-refractivity contribution in [1.29, 1.82) is 0 Å². The molecule has 2 aliphatic rings. The molecule has 2 aromatic rings. The van der Waals surface area contributed by atoms with Crippen LogP contribution in [0, 0.1) is 12.3 Å². The summed E-state index contributed by atoms with van der Waals surface area (Å²) in [7, 11) is 1.81. The first-order valence-electron chi connectivity index (χ1n) is 9.78. The number of carbonyl (C=O) groups is 2. The standard InChI is InChI=1S/C20H26N6O2/c1-15-10-22-16(11-21-15)12-26-14-20(7-4-18(26)27)6-3-8-25(13-20)19(28)17-5-9-24(2)23-17/h5,9-11H,3-4,6-8,12-14H2,1-2H3. The Morgan fingerprint density at radius 3 is 2.79 bits per heavy atom. The molecule has 2 aromatic heterocycles. The Morgan fingerprint density at radius 1 is 1.21 bits per heavy atom. The molecule has 0 aromatic carbocycles. The van der Waals surface area contributed by atoms with E-state index in [2.05, 4.69) is 15.1 Å². The van der Waals surface area contributed by atoms with E-state index in [0.29, 0.717) is 31.7 Å². The predicted molar refractivity (Wildman–Crippen MR) is 102 cm³/mol. The topological polar surface area (TPSA) is 84.2 Å². The van der Waals surface area contributed by atoms with Crippen LogP contribution in [-0.2, 0) is 18.4 Å². The minimum absolute atomic E-state index is 0.0208. The summed E-state index contributed by atoms with van der Waals surface area (Å²) in [5.41, 5.74) is 2.10. The van der Waals surface area contributed by atoms with Crippen LogP contribution in [0.25, 0.3) is 0 Å². The number of rotatable bonds is 3. The van der Waals surface area contributed by atoms with Crippen molar-refractivity contribution in [3.63, 3.8) is 0 Å². The molecule has 1 atom stereocenters. The quantitative estimate of drug-likeness (QED) is 0.804. The largest absolute Gasteiger partial charge is 0.337 e. The maximum absolute atomic E-state index is 12.9. The van der Waals surface area contributed by atoms with Gasteiger partial charge < -0.3 is 9.80 Å². The summed E-state index contributed by atoms with van der Waals surface area (Å²) in [5, 5.41) is 4.26. The van der Waals surface area contributed by atoms with Gasteiger partial charge in [0.15, 0.2) is 0 Å². The summed E-state index contributed by atoms with van der Waals surface area (Å²) in [4.78, 5) is 37.8. The van der Waals surface area contributed by atoms with Crippen molar-refractivity contribution in [1.82, 2.24) is 29.5 Å². The average Bonchev–Trinajstić information content (AvgIpc) is 3.13. The molecule has 0 aliphatic carbocycles. The van der Waals surface area contributed by atoms with Gasteiger partial charge in [-0.05, 0) is 32.3 Å². The molecule has 28 heavy (non-hydrogen) atoms. The van der Waals surface area contributed by atoms with E-state index in [1.54, 1.807) is 29.3 Å². The zero-order valence-electron chi connectivity index (χ0n) is 16.5. The van der Waals surface area contributed by atoms with Crippen molar-refractivity contribution in [2.75, 3.05) is 19.6 Å². The number of hydrogen-bond donors (Lipinski definition) is 0. The van der Waals surface area contributed by atoms with Crippen molar-refractivity contribution >= 4 is 11.8 Å². The molecule has 4 rings (SSSR count). The van der Waals surface area contributed by atoms with Crippen LogP contribution in [0.5, 0.6) is 0 Å². The summed E-state index contributed by atoms with van der Waals surface area (Å²) in [5.74, 6) is 0.133. The zero-order chi connectivity index (χ0) is 19.7. The Bertz CT molecular complexity index is 877. The monoisotopic (exact) mass is 382 g/mol. The van der Waals surface area contributed by atoms with Gasteiger partial charge in [0.05, 0.1) is 24.1 Å². The minimum Gasteiger partial charge on any atom is -0.337 e. The summed E-state index contributed by atoms with van der Waals surface area (Å²) in [6.07, 6.45) is 8.58. The SMILES string of the molecule is Cc1cnc(CN2CC3(CCCN(C(=O)c4ccn(C)n4)C3)CCC2=O)cn1. The Labute approximate surface area is 164 Å². The lowest BCUT2D eigenvalue weighted by Gasteiger charge is -2.48. The molecule has 0 bridgehead atoms. The Morgan fingerprint density at radius 2 is 2.07 bits per heavy atom. The Balaban J connectivity index is 1.47. The van der Waals surface area contributed by atoms with Gasteiger partial charge in [-0.15, -0.1) is 0 Å². The molecule has 1 spiro atoms. The molecule has 0 N–H and O–H groups in total. The van der Waals surface area contributed by atoms with Crippen molar-refractivity contribution in [3.8, 4) is 0 Å². The third kappa shape index (κ3) is 3.76. The van der Waals surface area contributed by atoms with Crippen molar-refractivity contribution in [2.24, 2.45) is 12.5 Å². The van der Waals surface area contributed by atoms with Crippen LogP contribution >= 0.6 is 0 Å². The molecular weight excluding hydrogens is 356 g/mol. The van der Waals surface area contributed by atoms with Crippen molar-refractivity contribution in [3.05, 3.63) is 41.7 Å². The van der Waals surface area contributed by atoms with E-state index in [-0.39, 0.29) is 17.2 Å². The molecule has 8 heteroatoms. The van der Waals surface area contributed by atoms with Crippen LogP contribution in [0.4, 0.5) is 0 Å². The fourth-order valence-electron chi connectivity index (χ4n) is 4.35. The Hall–Kier alpha value is -2.77. The fourth-order valence-corrected chi connectivity index (χ4v) is 4.35. The van der Waals surface area contributed by atoms with Gasteiger partial charge in [0.2, 0.25) is 5.91 Å². The molecule has 0 saturated carbocycles. The van der Waals surface area contributed by atoms with Crippen molar-refractivity contribution in [2.45, 2.75) is 39.2 Å². The second-order valence-electron chi connectivity index (χ2n) is 8.10. The predicted octanol–water partition coefficient (Wildman–Crippen LogP) is 1.56. The molecule has 2 saturated heterocycles. The van der Waals surface area contributed by atoms with Crippen LogP contribution in [0.15, 0.2) is 24.7 Å². The number of aryl methyl sites for hydroxylation is 2. The fraction of sp³-hybridized carbons (Fsp3) is 0.550. The third-order valence-electron chi connectivity index (χ3n) is 5.82. The Kier molecular flexibility index (Phi) is 4.87. The van der Waals surface area contributed by atoms with Gasteiger partial charge in [0.25, 0.3) is 5.91 Å². The van der Waals surface area contributed by atoms with Crippen LogP contribution in [0.3, 0.4) is 0 Å². The highest BCUT2D eigenvalue weighted by molar-refractivity contribution is 5.92. The highest BCUT2D eigenvalue weighted by atomic mass is 16.2. The van der Waals surface area contributed by atoms with E-state index in [4.69, 9.17) is 0 Å². The second kappa shape index (κ2) is 7.33. The highest BCUT2D eigenvalue weighted by Gasteiger charge is 2.43. The summed E-state index contributed by atoms with van der Waals surface area (Å²) in [6, 6.07) is 1.76. The van der Waals surface area contributed by atoms with E-state index in [9.17, 15) is 9.59 Å². The second-order valence-corrected chi connectivity index (χ2v) is 8.10. The number of hydrogen-bond acceptors (Lipinski definition) is 5. The van der Waals surface area contributed by atoms with E-state index in [0.717, 1.165) is 37.2 Å². The van der Waals surface area contributed by atoms with Crippen LogP contribution in [0.2, 0.25) is 0 Å². The van der Waals surface area contributed by atoms with Gasteiger partial charge in [-0.1, -0.05) is 0 Å². The molecule has 1 unspecified atom stereocenters. The van der Waals surface area contributed by atoms with Crippen LogP contribution < -0.4 is 0 Å².